The zero-order valence-corrected chi connectivity index (χ0v) is 9.60. The summed E-state index contributed by atoms with van der Waals surface area (Å²) in [4.78, 5) is 11.0. The fraction of sp³-hybridized carbons (Fsp3) is 0.0714. The summed E-state index contributed by atoms with van der Waals surface area (Å²) >= 11 is 0. The number of nitrogens with two attached hydrogens (primary N) is 1. The van der Waals surface area contributed by atoms with Crippen molar-refractivity contribution in [3.8, 4) is 5.75 Å². The highest BCUT2D eigenvalue weighted by Crippen LogP contribution is 2.15. The first kappa shape index (κ1) is 12.1. The average molecular weight is 245 g/mol. The number of halogens is 1. The van der Waals surface area contributed by atoms with Gasteiger partial charge in [0.25, 0.3) is 0 Å². The lowest BCUT2D eigenvalue weighted by atomic mass is 10.2. The van der Waals surface area contributed by atoms with Gasteiger partial charge in [-0.3, -0.25) is 4.79 Å². The summed E-state index contributed by atoms with van der Waals surface area (Å²) in [5, 5.41) is 0. The number of rotatable bonds is 4. The number of hydrogen-bond acceptors (Lipinski definition) is 2. The first-order valence-corrected chi connectivity index (χ1v) is 5.42. The van der Waals surface area contributed by atoms with Crippen LogP contribution in [0.15, 0.2) is 48.5 Å². The van der Waals surface area contributed by atoms with Crippen LogP contribution in [0.3, 0.4) is 0 Å². The van der Waals surface area contributed by atoms with E-state index in [0.717, 1.165) is 5.56 Å². The molecule has 1 amide bonds. The Morgan fingerprint density at radius 2 is 1.94 bits per heavy atom. The molecule has 92 valence electrons. The molecule has 0 fully saturated rings. The summed E-state index contributed by atoms with van der Waals surface area (Å²) in [6, 6.07) is 12.7. The highest BCUT2D eigenvalue weighted by Gasteiger charge is 2.02. The van der Waals surface area contributed by atoms with Crippen LogP contribution >= 0.6 is 0 Å². The van der Waals surface area contributed by atoms with Crippen LogP contribution in [0.1, 0.15) is 15.9 Å². The van der Waals surface area contributed by atoms with Gasteiger partial charge >= 0.3 is 0 Å². The molecule has 0 heterocycles. The van der Waals surface area contributed by atoms with Crippen LogP contribution in [-0.2, 0) is 6.61 Å². The minimum atomic E-state index is -0.508. The maximum atomic E-state index is 12.9. The van der Waals surface area contributed by atoms with E-state index in [4.69, 9.17) is 10.5 Å². The molecule has 0 aliphatic carbocycles. The molecule has 18 heavy (non-hydrogen) atoms. The smallest absolute Gasteiger partial charge is 0.248 e. The highest BCUT2D eigenvalue weighted by molar-refractivity contribution is 5.93. The van der Waals surface area contributed by atoms with Crippen molar-refractivity contribution in [1.29, 1.82) is 0 Å². The SMILES string of the molecule is NC(=O)c1cccc(OCc2cccc(F)c2)c1. The fourth-order valence-electron chi connectivity index (χ4n) is 1.53. The first-order chi connectivity index (χ1) is 8.65. The third kappa shape index (κ3) is 3.07. The van der Waals surface area contributed by atoms with Gasteiger partial charge in [-0.15, -0.1) is 0 Å². The average Bonchev–Trinajstić information content (AvgIpc) is 2.37. The van der Waals surface area contributed by atoms with Crippen molar-refractivity contribution in [1.82, 2.24) is 0 Å². The summed E-state index contributed by atoms with van der Waals surface area (Å²) in [5.41, 5.74) is 6.27. The summed E-state index contributed by atoms with van der Waals surface area (Å²) < 4.78 is 18.4. The standard InChI is InChI=1S/C14H12FNO2/c15-12-5-1-3-10(7-12)9-18-13-6-2-4-11(8-13)14(16)17/h1-8H,9H2,(H2,16,17). The van der Waals surface area contributed by atoms with Crippen LogP contribution in [0.2, 0.25) is 0 Å². The molecule has 0 saturated heterocycles. The third-order valence-corrected chi connectivity index (χ3v) is 2.41. The molecule has 0 unspecified atom stereocenters. The number of hydrogen-bond donors (Lipinski definition) is 1. The molecular weight excluding hydrogens is 233 g/mol. The van der Waals surface area contributed by atoms with Crippen LogP contribution in [0, 0.1) is 5.82 Å². The molecule has 0 bridgehead atoms. The third-order valence-electron chi connectivity index (χ3n) is 2.41. The second-order valence-electron chi connectivity index (χ2n) is 3.81. The van der Waals surface area contributed by atoms with Gasteiger partial charge in [0.1, 0.15) is 18.2 Å². The number of benzene rings is 2. The summed E-state index contributed by atoms with van der Waals surface area (Å²) in [6.45, 7) is 0.236. The normalized spacial score (nSPS) is 10.1. The molecule has 4 heteroatoms. The van der Waals surface area contributed by atoms with E-state index in [0.29, 0.717) is 11.3 Å². The lowest BCUT2D eigenvalue weighted by Crippen LogP contribution is -2.10. The molecule has 0 aliphatic rings. The van der Waals surface area contributed by atoms with Gasteiger partial charge in [-0.1, -0.05) is 18.2 Å². The van der Waals surface area contributed by atoms with Gasteiger partial charge in [0.15, 0.2) is 0 Å². The van der Waals surface area contributed by atoms with Crippen molar-refractivity contribution in [3.63, 3.8) is 0 Å². The van der Waals surface area contributed by atoms with Crippen molar-refractivity contribution >= 4 is 5.91 Å². The Kier molecular flexibility index (Phi) is 3.57. The van der Waals surface area contributed by atoms with Gasteiger partial charge in [0.2, 0.25) is 5.91 Å². The first-order valence-electron chi connectivity index (χ1n) is 5.42. The van der Waals surface area contributed by atoms with Crippen molar-refractivity contribution in [3.05, 3.63) is 65.5 Å². The van der Waals surface area contributed by atoms with Crippen LogP contribution in [-0.4, -0.2) is 5.91 Å². The Hall–Kier alpha value is -2.36. The van der Waals surface area contributed by atoms with Gasteiger partial charge in [-0.05, 0) is 35.9 Å². The molecule has 2 rings (SSSR count). The van der Waals surface area contributed by atoms with Crippen LogP contribution in [0.25, 0.3) is 0 Å². The Bertz CT molecular complexity index is 569. The molecule has 0 spiro atoms. The molecule has 3 nitrogen and oxygen atoms in total. The van der Waals surface area contributed by atoms with E-state index >= 15 is 0 Å². The van der Waals surface area contributed by atoms with E-state index in [9.17, 15) is 9.18 Å². The van der Waals surface area contributed by atoms with Gasteiger partial charge in [-0.2, -0.15) is 0 Å². The lowest BCUT2D eigenvalue weighted by Gasteiger charge is -2.07. The van der Waals surface area contributed by atoms with Gasteiger partial charge < -0.3 is 10.5 Å². The molecule has 0 aliphatic heterocycles. The van der Waals surface area contributed by atoms with Crippen LogP contribution in [0.5, 0.6) is 5.75 Å². The Morgan fingerprint density at radius 1 is 1.17 bits per heavy atom. The van der Waals surface area contributed by atoms with Crippen molar-refractivity contribution in [2.75, 3.05) is 0 Å². The largest absolute Gasteiger partial charge is 0.489 e. The molecule has 0 aromatic heterocycles. The number of carbonyl (C=O) groups is 1. The minimum Gasteiger partial charge on any atom is -0.489 e. The summed E-state index contributed by atoms with van der Waals surface area (Å²) in [5.74, 6) is -0.288. The van der Waals surface area contributed by atoms with Crippen LogP contribution < -0.4 is 10.5 Å². The maximum absolute atomic E-state index is 12.9. The Labute approximate surface area is 104 Å². The molecule has 2 aromatic rings. The molecule has 0 radical (unpaired) electrons. The van der Waals surface area contributed by atoms with E-state index in [-0.39, 0.29) is 12.4 Å². The maximum Gasteiger partial charge on any atom is 0.248 e. The van der Waals surface area contributed by atoms with Gasteiger partial charge in [-0.25, -0.2) is 4.39 Å². The fourth-order valence-corrected chi connectivity index (χ4v) is 1.53. The molecule has 2 aromatic carbocycles. The van der Waals surface area contributed by atoms with E-state index in [1.807, 2.05) is 0 Å². The summed E-state index contributed by atoms with van der Waals surface area (Å²) in [7, 11) is 0. The van der Waals surface area contributed by atoms with E-state index in [1.165, 1.54) is 12.1 Å². The van der Waals surface area contributed by atoms with Crippen molar-refractivity contribution < 1.29 is 13.9 Å². The number of primary amides is 1. The lowest BCUT2D eigenvalue weighted by molar-refractivity contribution is 0.1000. The highest BCUT2D eigenvalue weighted by atomic mass is 19.1. The van der Waals surface area contributed by atoms with Gasteiger partial charge in [0, 0.05) is 5.56 Å². The number of amides is 1. The van der Waals surface area contributed by atoms with E-state index < -0.39 is 5.91 Å². The predicted molar refractivity (Wildman–Crippen MR) is 65.7 cm³/mol. The number of ether oxygens (including phenoxy) is 1. The van der Waals surface area contributed by atoms with Crippen molar-refractivity contribution in [2.45, 2.75) is 6.61 Å². The van der Waals surface area contributed by atoms with Crippen molar-refractivity contribution in [2.24, 2.45) is 5.73 Å². The minimum absolute atomic E-state index is 0.236. The number of carbonyl (C=O) groups excluding carboxylic acids is 1. The van der Waals surface area contributed by atoms with Gasteiger partial charge in [0.05, 0.1) is 0 Å². The second kappa shape index (κ2) is 5.31. The predicted octanol–water partition coefficient (Wildman–Crippen LogP) is 2.50. The molecule has 0 saturated carbocycles. The summed E-state index contributed by atoms with van der Waals surface area (Å²) in [6.07, 6.45) is 0. The Balaban J connectivity index is 2.06. The Morgan fingerprint density at radius 3 is 2.67 bits per heavy atom. The quantitative estimate of drug-likeness (QED) is 0.899. The second-order valence-corrected chi connectivity index (χ2v) is 3.81. The molecule has 2 N–H and O–H groups in total. The zero-order chi connectivity index (χ0) is 13.0. The molecular formula is C14H12FNO2. The topological polar surface area (TPSA) is 52.3 Å². The molecule has 0 atom stereocenters. The van der Waals surface area contributed by atoms with E-state index in [1.54, 1.807) is 36.4 Å². The van der Waals surface area contributed by atoms with E-state index in [2.05, 4.69) is 0 Å². The monoisotopic (exact) mass is 245 g/mol. The zero-order valence-electron chi connectivity index (χ0n) is 9.60. The van der Waals surface area contributed by atoms with Crippen LogP contribution in [0.4, 0.5) is 4.39 Å².